The fraction of sp³-hybridized carbons (Fsp3) is 0.429. The summed E-state index contributed by atoms with van der Waals surface area (Å²) >= 11 is 1.85. The normalized spacial score (nSPS) is 16.0. The maximum absolute atomic E-state index is 5.55. The Morgan fingerprint density at radius 3 is 2.59 bits per heavy atom. The fourth-order valence-electron chi connectivity index (χ4n) is 2.28. The molecule has 1 fully saturated rings. The SMILES string of the molecule is COc1ccc(CSN2CCN([n+]3cc(N)on3)CC2)cc1. The molecule has 3 rings (SSSR count). The minimum atomic E-state index is 0.330. The van der Waals surface area contributed by atoms with Crippen LogP contribution in [0, 0.1) is 0 Å². The van der Waals surface area contributed by atoms with Crippen molar-refractivity contribution < 1.29 is 14.1 Å². The highest BCUT2D eigenvalue weighted by Gasteiger charge is 2.25. The molecular weight excluding hydrogens is 302 g/mol. The van der Waals surface area contributed by atoms with Gasteiger partial charge in [0.1, 0.15) is 5.75 Å². The third kappa shape index (κ3) is 3.63. The Morgan fingerprint density at radius 1 is 1.27 bits per heavy atom. The van der Waals surface area contributed by atoms with Crippen LogP contribution < -0.4 is 20.3 Å². The quantitative estimate of drug-likeness (QED) is 0.640. The van der Waals surface area contributed by atoms with E-state index in [0.29, 0.717) is 5.88 Å². The molecule has 7 nitrogen and oxygen atoms in total. The summed E-state index contributed by atoms with van der Waals surface area (Å²) in [5.41, 5.74) is 6.84. The van der Waals surface area contributed by atoms with E-state index in [-0.39, 0.29) is 0 Å². The van der Waals surface area contributed by atoms with E-state index >= 15 is 0 Å². The molecule has 0 saturated carbocycles. The number of piperazine rings is 1. The summed E-state index contributed by atoms with van der Waals surface area (Å²) in [6.07, 6.45) is 1.69. The van der Waals surface area contributed by atoms with Gasteiger partial charge in [-0.25, -0.2) is 4.31 Å². The molecule has 0 atom stereocenters. The van der Waals surface area contributed by atoms with Crippen molar-refractivity contribution in [2.45, 2.75) is 5.75 Å². The summed E-state index contributed by atoms with van der Waals surface area (Å²) in [5, 5.41) is 6.00. The van der Waals surface area contributed by atoms with Gasteiger partial charge in [-0.05, 0) is 17.7 Å². The molecule has 22 heavy (non-hydrogen) atoms. The summed E-state index contributed by atoms with van der Waals surface area (Å²) < 4.78 is 12.4. The van der Waals surface area contributed by atoms with Crippen LogP contribution in [0.4, 0.5) is 5.88 Å². The minimum absolute atomic E-state index is 0.330. The Labute approximate surface area is 133 Å². The average Bonchev–Trinajstić information content (AvgIpc) is 3.00. The number of rotatable bonds is 5. The molecule has 0 unspecified atom stereocenters. The molecule has 1 aromatic heterocycles. The monoisotopic (exact) mass is 322 g/mol. The van der Waals surface area contributed by atoms with Crippen LogP contribution in [0.1, 0.15) is 5.56 Å². The van der Waals surface area contributed by atoms with Gasteiger partial charge < -0.3 is 10.5 Å². The van der Waals surface area contributed by atoms with Gasteiger partial charge in [-0.2, -0.15) is 5.01 Å². The van der Waals surface area contributed by atoms with Crippen LogP contribution in [0.2, 0.25) is 0 Å². The van der Waals surface area contributed by atoms with Crippen molar-refractivity contribution >= 4 is 17.8 Å². The number of methoxy groups -OCH3 is 1. The van der Waals surface area contributed by atoms with Gasteiger partial charge in [-0.15, -0.1) is 0 Å². The van der Waals surface area contributed by atoms with Gasteiger partial charge in [-0.3, -0.25) is 4.52 Å². The second kappa shape index (κ2) is 6.89. The van der Waals surface area contributed by atoms with Crippen LogP contribution in [-0.4, -0.2) is 42.9 Å². The first kappa shape index (κ1) is 15.0. The molecule has 0 radical (unpaired) electrons. The zero-order chi connectivity index (χ0) is 15.4. The van der Waals surface area contributed by atoms with Crippen molar-refractivity contribution in [2.24, 2.45) is 0 Å². The Morgan fingerprint density at radius 2 is 2.00 bits per heavy atom. The van der Waals surface area contributed by atoms with Gasteiger partial charge in [-0.1, -0.05) is 24.1 Å². The van der Waals surface area contributed by atoms with E-state index in [0.717, 1.165) is 37.7 Å². The van der Waals surface area contributed by atoms with Crippen molar-refractivity contribution in [1.29, 1.82) is 0 Å². The molecule has 0 bridgehead atoms. The predicted octanol–water partition coefficient (Wildman–Crippen LogP) is 0.655. The van der Waals surface area contributed by atoms with Gasteiger partial charge in [0, 0.05) is 18.8 Å². The van der Waals surface area contributed by atoms with E-state index in [9.17, 15) is 0 Å². The lowest BCUT2D eigenvalue weighted by atomic mass is 10.2. The summed E-state index contributed by atoms with van der Waals surface area (Å²) in [5.74, 6) is 2.19. The van der Waals surface area contributed by atoms with Crippen molar-refractivity contribution in [3.05, 3.63) is 36.0 Å². The summed E-state index contributed by atoms with van der Waals surface area (Å²) in [6, 6.07) is 8.21. The standard InChI is InChI=1S/C14H20N5O2S/c1-20-13-4-2-12(3-5-13)11-22-18-8-6-17(7-9-18)19-10-14(15)21-16-19/h2-5,10H,6-9,11,15H2,1H3/q+1. The number of nitrogen functional groups attached to an aromatic ring is 1. The highest BCUT2D eigenvalue weighted by Crippen LogP contribution is 2.20. The molecule has 2 aromatic rings. The van der Waals surface area contributed by atoms with Crippen LogP contribution >= 0.6 is 11.9 Å². The molecule has 8 heteroatoms. The highest BCUT2D eigenvalue weighted by molar-refractivity contribution is 7.96. The second-order valence-corrected chi connectivity index (χ2v) is 6.09. The third-order valence-corrected chi connectivity index (χ3v) is 4.74. The number of hydrogen-bond donors (Lipinski definition) is 1. The number of benzene rings is 1. The maximum atomic E-state index is 5.55. The first-order chi connectivity index (χ1) is 10.7. The van der Waals surface area contributed by atoms with E-state index in [1.165, 1.54) is 5.56 Å². The summed E-state index contributed by atoms with van der Waals surface area (Å²) in [7, 11) is 1.68. The molecule has 2 heterocycles. The predicted molar refractivity (Wildman–Crippen MR) is 84.9 cm³/mol. The van der Waals surface area contributed by atoms with Crippen molar-refractivity contribution in [1.82, 2.24) is 9.58 Å². The fourth-order valence-corrected chi connectivity index (χ4v) is 3.23. The number of ether oxygens (including phenoxy) is 1. The lowest BCUT2D eigenvalue weighted by Crippen LogP contribution is -2.64. The van der Waals surface area contributed by atoms with Crippen molar-refractivity contribution in [3.63, 3.8) is 0 Å². The topological polar surface area (TPSA) is 71.6 Å². The van der Waals surface area contributed by atoms with E-state index in [1.807, 2.05) is 24.1 Å². The molecule has 0 amide bonds. The molecule has 0 spiro atoms. The zero-order valence-electron chi connectivity index (χ0n) is 12.5. The van der Waals surface area contributed by atoms with E-state index in [4.69, 9.17) is 15.0 Å². The Hall–Kier alpha value is -1.93. The first-order valence-corrected chi connectivity index (χ1v) is 8.09. The summed E-state index contributed by atoms with van der Waals surface area (Å²) in [6.45, 7) is 3.74. The molecule has 1 aliphatic rings. The lowest BCUT2D eigenvalue weighted by Gasteiger charge is -2.28. The number of nitrogens with zero attached hydrogens (tertiary/aromatic N) is 4. The van der Waals surface area contributed by atoms with Gasteiger partial charge in [0.25, 0.3) is 12.1 Å². The van der Waals surface area contributed by atoms with E-state index < -0.39 is 0 Å². The maximum Gasteiger partial charge on any atom is 0.296 e. The lowest BCUT2D eigenvalue weighted by molar-refractivity contribution is -0.759. The van der Waals surface area contributed by atoms with Crippen LogP contribution in [0.5, 0.6) is 5.75 Å². The first-order valence-electron chi connectivity index (χ1n) is 7.15. The van der Waals surface area contributed by atoms with Crippen LogP contribution in [0.15, 0.2) is 35.0 Å². The Bertz CT molecular complexity index is 596. The van der Waals surface area contributed by atoms with Crippen LogP contribution in [0.3, 0.4) is 0 Å². The number of aromatic nitrogens is 2. The third-order valence-electron chi connectivity index (χ3n) is 3.55. The van der Waals surface area contributed by atoms with E-state index in [2.05, 4.69) is 26.7 Å². The van der Waals surface area contributed by atoms with Crippen molar-refractivity contribution in [2.75, 3.05) is 44.0 Å². The van der Waals surface area contributed by atoms with Gasteiger partial charge in [0.15, 0.2) is 0 Å². The number of hydrogen-bond acceptors (Lipinski definition) is 7. The zero-order valence-corrected chi connectivity index (χ0v) is 13.3. The average molecular weight is 322 g/mol. The molecular formula is C14H20N5O2S+. The molecule has 1 saturated heterocycles. The largest absolute Gasteiger partial charge is 0.497 e. The minimum Gasteiger partial charge on any atom is -0.497 e. The number of nitrogens with two attached hydrogens (primary N) is 1. The Kier molecular flexibility index (Phi) is 4.69. The molecule has 0 aliphatic carbocycles. The molecule has 2 N–H and O–H groups in total. The van der Waals surface area contributed by atoms with Crippen molar-refractivity contribution in [3.8, 4) is 5.75 Å². The van der Waals surface area contributed by atoms with Crippen LogP contribution in [0.25, 0.3) is 0 Å². The molecule has 118 valence electrons. The van der Waals surface area contributed by atoms with Gasteiger partial charge in [0.2, 0.25) is 5.27 Å². The number of anilines is 1. The van der Waals surface area contributed by atoms with Crippen LogP contribution in [-0.2, 0) is 5.75 Å². The molecule has 1 aliphatic heterocycles. The smallest absolute Gasteiger partial charge is 0.296 e. The molecule has 1 aromatic carbocycles. The summed E-state index contributed by atoms with van der Waals surface area (Å²) in [4.78, 5) is 1.68. The van der Waals surface area contributed by atoms with E-state index in [1.54, 1.807) is 18.1 Å². The second-order valence-electron chi connectivity index (χ2n) is 5.03. The Balaban J connectivity index is 1.45. The van der Waals surface area contributed by atoms with Gasteiger partial charge >= 0.3 is 0 Å². The van der Waals surface area contributed by atoms with Gasteiger partial charge in [0.05, 0.1) is 25.0 Å². The highest BCUT2D eigenvalue weighted by atomic mass is 32.2.